The Labute approximate surface area is 198 Å². The number of halogens is 3. The fourth-order valence-corrected chi connectivity index (χ4v) is 4.29. The fourth-order valence-electron chi connectivity index (χ4n) is 4.17. The number of aromatic nitrogens is 1. The van der Waals surface area contributed by atoms with Crippen molar-refractivity contribution < 1.29 is 13.5 Å². The van der Waals surface area contributed by atoms with E-state index in [1.165, 1.54) is 0 Å². The van der Waals surface area contributed by atoms with Crippen LogP contribution in [0.1, 0.15) is 30.1 Å². The molecule has 1 fully saturated rings. The molecule has 7 heteroatoms. The molecule has 1 aliphatic rings. The molecule has 2 aromatic carbocycles. The van der Waals surface area contributed by atoms with Gasteiger partial charge in [-0.3, -0.25) is 9.88 Å². The van der Waals surface area contributed by atoms with Gasteiger partial charge in [0.15, 0.2) is 11.6 Å². The third-order valence-electron chi connectivity index (χ3n) is 6.06. The highest BCUT2D eigenvalue weighted by molar-refractivity contribution is 6.30. The van der Waals surface area contributed by atoms with Crippen LogP contribution in [-0.4, -0.2) is 42.7 Å². The lowest BCUT2D eigenvalue weighted by Crippen LogP contribution is -2.40. The molecule has 0 saturated carbocycles. The maximum Gasteiger partial charge on any atom is 0.165 e. The van der Waals surface area contributed by atoms with Gasteiger partial charge in [-0.15, -0.1) is 0 Å². The number of pyridine rings is 1. The van der Waals surface area contributed by atoms with Crippen molar-refractivity contribution in [3.63, 3.8) is 0 Å². The summed E-state index contributed by atoms with van der Waals surface area (Å²) in [6.45, 7) is 3.83. The highest BCUT2D eigenvalue weighted by Gasteiger charge is 2.22. The zero-order chi connectivity index (χ0) is 23.0. The summed E-state index contributed by atoms with van der Waals surface area (Å²) in [5, 5.41) is 4.42. The summed E-state index contributed by atoms with van der Waals surface area (Å²) in [7, 11) is 0. The lowest BCUT2D eigenvalue weighted by atomic mass is 9.95. The van der Waals surface area contributed by atoms with Crippen molar-refractivity contribution in [2.75, 3.05) is 32.8 Å². The van der Waals surface area contributed by atoms with Crippen molar-refractivity contribution in [2.45, 2.75) is 18.9 Å². The van der Waals surface area contributed by atoms with Gasteiger partial charge in [0.2, 0.25) is 0 Å². The Bertz CT molecular complexity index is 1010. The predicted molar refractivity (Wildman–Crippen MR) is 127 cm³/mol. The van der Waals surface area contributed by atoms with Crippen LogP contribution in [0.4, 0.5) is 8.78 Å². The molecule has 0 aliphatic carbocycles. The van der Waals surface area contributed by atoms with Crippen LogP contribution in [-0.2, 0) is 0 Å². The van der Waals surface area contributed by atoms with E-state index in [0.717, 1.165) is 67.0 Å². The summed E-state index contributed by atoms with van der Waals surface area (Å²) in [4.78, 5) is 6.86. The Morgan fingerprint density at radius 1 is 1.06 bits per heavy atom. The van der Waals surface area contributed by atoms with E-state index < -0.39 is 11.6 Å². The van der Waals surface area contributed by atoms with E-state index >= 15 is 0 Å². The largest absolute Gasteiger partial charge is 0.489 e. The van der Waals surface area contributed by atoms with Gasteiger partial charge in [0.05, 0.1) is 11.7 Å². The molecule has 3 aromatic rings. The van der Waals surface area contributed by atoms with Crippen LogP contribution in [0, 0.1) is 17.6 Å². The lowest BCUT2D eigenvalue weighted by molar-refractivity contribution is 0.151. The third-order valence-corrected chi connectivity index (χ3v) is 6.31. The molecule has 0 unspecified atom stereocenters. The first kappa shape index (κ1) is 23.6. The smallest absolute Gasteiger partial charge is 0.165 e. The van der Waals surface area contributed by atoms with Crippen LogP contribution < -0.4 is 10.1 Å². The number of hydrogen-bond acceptors (Lipinski definition) is 4. The molecule has 174 valence electrons. The summed E-state index contributed by atoms with van der Waals surface area (Å²) >= 11 is 6.08. The third kappa shape index (κ3) is 6.73. The Kier molecular flexibility index (Phi) is 8.26. The Balaban J connectivity index is 1.25. The molecular weight excluding hydrogens is 444 g/mol. The van der Waals surface area contributed by atoms with E-state index in [9.17, 15) is 8.78 Å². The van der Waals surface area contributed by atoms with Crippen LogP contribution in [0.15, 0.2) is 66.9 Å². The highest BCUT2D eigenvalue weighted by Crippen LogP contribution is 2.24. The van der Waals surface area contributed by atoms with Gasteiger partial charge in [-0.25, -0.2) is 8.78 Å². The average Bonchev–Trinajstić information content (AvgIpc) is 2.84. The number of piperidine rings is 1. The van der Waals surface area contributed by atoms with Gasteiger partial charge in [0, 0.05) is 23.8 Å². The molecule has 1 atom stereocenters. The van der Waals surface area contributed by atoms with Crippen molar-refractivity contribution in [1.82, 2.24) is 15.2 Å². The Morgan fingerprint density at radius 2 is 1.85 bits per heavy atom. The second kappa shape index (κ2) is 11.5. The molecule has 4 nitrogen and oxygen atoms in total. The van der Waals surface area contributed by atoms with Crippen molar-refractivity contribution in [2.24, 2.45) is 5.92 Å². The molecule has 1 N–H and O–H groups in total. The Morgan fingerprint density at radius 3 is 2.58 bits per heavy atom. The molecule has 0 amide bonds. The fraction of sp³-hybridized carbons (Fsp3) is 0.346. The minimum atomic E-state index is -0.538. The molecule has 1 saturated heterocycles. The maximum absolute atomic E-state index is 13.7. The summed E-state index contributed by atoms with van der Waals surface area (Å²) in [6.07, 6.45) is 3.95. The second-order valence-electron chi connectivity index (χ2n) is 8.36. The van der Waals surface area contributed by atoms with E-state index in [0.29, 0.717) is 19.1 Å². The Hall–Kier alpha value is -2.54. The predicted octanol–water partition coefficient (Wildman–Crippen LogP) is 5.48. The zero-order valence-electron chi connectivity index (χ0n) is 18.4. The molecule has 4 rings (SSSR count). The van der Waals surface area contributed by atoms with Gasteiger partial charge in [-0.05, 0) is 80.4 Å². The van der Waals surface area contributed by atoms with Gasteiger partial charge in [0.1, 0.15) is 12.4 Å². The van der Waals surface area contributed by atoms with Crippen molar-refractivity contribution in [3.8, 4) is 5.75 Å². The van der Waals surface area contributed by atoms with E-state index in [1.54, 1.807) is 0 Å². The van der Waals surface area contributed by atoms with Crippen molar-refractivity contribution >= 4 is 11.6 Å². The molecule has 0 bridgehead atoms. The summed E-state index contributed by atoms with van der Waals surface area (Å²) < 4.78 is 32.4. The summed E-state index contributed by atoms with van der Waals surface area (Å²) in [5.74, 6) is -0.509. The minimum Gasteiger partial charge on any atom is -0.489 e. The highest BCUT2D eigenvalue weighted by atomic mass is 35.5. The maximum atomic E-state index is 13.7. The minimum absolute atomic E-state index is 0.0102. The number of hydrogen-bond donors (Lipinski definition) is 1. The van der Waals surface area contributed by atoms with Crippen molar-refractivity contribution in [1.29, 1.82) is 0 Å². The van der Waals surface area contributed by atoms with Crippen LogP contribution in [0.25, 0.3) is 0 Å². The number of benzene rings is 2. The van der Waals surface area contributed by atoms with Crippen LogP contribution in [0.3, 0.4) is 0 Å². The number of likely N-dealkylation sites (tertiary alicyclic amines) is 1. The monoisotopic (exact) mass is 471 g/mol. The normalized spacial score (nSPS) is 16.0. The van der Waals surface area contributed by atoms with Gasteiger partial charge in [-0.2, -0.15) is 0 Å². The molecule has 1 aliphatic heterocycles. The number of nitrogens with zero attached hydrogens (tertiary/aromatic N) is 2. The van der Waals surface area contributed by atoms with Crippen molar-refractivity contribution in [3.05, 3.63) is 94.8 Å². The number of nitrogens with one attached hydrogen (secondary N) is 1. The molecule has 33 heavy (non-hydrogen) atoms. The van der Waals surface area contributed by atoms with E-state index in [4.69, 9.17) is 16.3 Å². The quantitative estimate of drug-likeness (QED) is 0.448. The topological polar surface area (TPSA) is 37.4 Å². The standard InChI is InChI=1S/C26H28ClF2N3O/c27-21-6-4-20(5-7-21)26(24-3-1-2-12-30-24)31-18-19-10-13-32(14-11-19)15-16-33-25-17-22(28)8-9-23(25)29/h1-9,12,17,19,26,31H,10-11,13-16,18H2/t26-/m1/s1. The number of ether oxygens (including phenoxy) is 1. The van der Waals surface area contributed by atoms with E-state index in [1.807, 2.05) is 48.7 Å². The summed E-state index contributed by atoms with van der Waals surface area (Å²) in [6, 6.07) is 17.1. The first-order valence-electron chi connectivity index (χ1n) is 11.3. The van der Waals surface area contributed by atoms with Crippen LogP contribution in [0.2, 0.25) is 5.02 Å². The molecule has 1 aromatic heterocycles. The second-order valence-corrected chi connectivity index (χ2v) is 8.79. The first-order valence-corrected chi connectivity index (χ1v) is 11.7. The average molecular weight is 472 g/mol. The lowest BCUT2D eigenvalue weighted by Gasteiger charge is -2.33. The van der Waals surface area contributed by atoms with Gasteiger partial charge < -0.3 is 10.1 Å². The van der Waals surface area contributed by atoms with Crippen LogP contribution in [0.5, 0.6) is 5.75 Å². The molecule has 2 heterocycles. The van der Waals surface area contributed by atoms with Gasteiger partial charge in [-0.1, -0.05) is 29.8 Å². The molecular formula is C26H28ClF2N3O. The SMILES string of the molecule is Fc1ccc(F)c(OCCN2CCC(CN[C@H](c3ccc(Cl)cc3)c3ccccn3)CC2)c1. The van der Waals surface area contributed by atoms with Gasteiger partial charge in [0.25, 0.3) is 0 Å². The van der Waals surface area contributed by atoms with Crippen LogP contribution >= 0.6 is 11.6 Å². The number of rotatable bonds is 9. The molecule has 0 radical (unpaired) electrons. The van der Waals surface area contributed by atoms with E-state index in [2.05, 4.69) is 15.2 Å². The zero-order valence-corrected chi connectivity index (χ0v) is 19.1. The van der Waals surface area contributed by atoms with Gasteiger partial charge >= 0.3 is 0 Å². The summed E-state index contributed by atoms with van der Waals surface area (Å²) in [5.41, 5.74) is 2.12. The first-order chi connectivity index (χ1) is 16.1. The molecule has 0 spiro atoms. The van der Waals surface area contributed by atoms with E-state index in [-0.39, 0.29) is 11.8 Å².